The average molecular weight is 311 g/mol. The molecule has 0 radical (unpaired) electrons. The van der Waals surface area contributed by atoms with Crippen LogP contribution >= 0.6 is 0 Å². The molecule has 122 valence electrons. The zero-order valence-corrected chi connectivity index (χ0v) is 14.6. The third-order valence-electron chi connectivity index (χ3n) is 4.29. The van der Waals surface area contributed by atoms with Gasteiger partial charge in [-0.05, 0) is 48.6 Å². The van der Waals surface area contributed by atoms with Crippen LogP contribution in [0.15, 0.2) is 30.3 Å². The number of hydrogen-bond acceptors (Lipinski definition) is 3. The molecule has 0 saturated carbocycles. The molecule has 1 aliphatic rings. The van der Waals surface area contributed by atoms with Crippen molar-refractivity contribution in [2.45, 2.75) is 40.0 Å². The lowest BCUT2D eigenvalue weighted by Gasteiger charge is -2.24. The van der Waals surface area contributed by atoms with Crippen LogP contribution in [0.2, 0.25) is 0 Å². The fraction of sp³-hybridized carbons (Fsp3) is 0.400. The van der Waals surface area contributed by atoms with E-state index in [2.05, 4.69) is 64.2 Å². The van der Waals surface area contributed by atoms with Crippen LogP contribution in [-0.2, 0) is 5.41 Å². The van der Waals surface area contributed by atoms with Crippen molar-refractivity contribution in [3.05, 3.63) is 47.0 Å². The third kappa shape index (κ3) is 3.14. The van der Waals surface area contributed by atoms with Gasteiger partial charge in [0.2, 0.25) is 0 Å². The van der Waals surface area contributed by atoms with Crippen molar-refractivity contribution in [1.29, 1.82) is 0 Å². The highest BCUT2D eigenvalue weighted by Crippen LogP contribution is 2.41. The van der Waals surface area contributed by atoms with Gasteiger partial charge in [-0.25, -0.2) is 0 Å². The Morgan fingerprint density at radius 1 is 0.957 bits per heavy atom. The first-order valence-corrected chi connectivity index (χ1v) is 8.13. The zero-order chi connectivity index (χ0) is 16.6. The summed E-state index contributed by atoms with van der Waals surface area (Å²) in [6.07, 6.45) is 0. The van der Waals surface area contributed by atoms with Crippen LogP contribution in [0.3, 0.4) is 0 Å². The second kappa shape index (κ2) is 5.80. The standard InChI is InChI=1S/C20H25NO2/c1-13-12-17-19(23-11-10-22-17)14(2)18(13)21-16-8-6-15(7-9-16)20(3,4)5/h6-9,12,21H,10-11H2,1-5H3. The Bertz CT molecular complexity index is 712. The van der Waals surface area contributed by atoms with Gasteiger partial charge in [0.25, 0.3) is 0 Å². The van der Waals surface area contributed by atoms with Crippen molar-refractivity contribution >= 4 is 11.4 Å². The van der Waals surface area contributed by atoms with Gasteiger partial charge in [0.1, 0.15) is 13.2 Å². The number of hydrogen-bond donors (Lipinski definition) is 1. The van der Waals surface area contributed by atoms with Crippen LogP contribution in [0.5, 0.6) is 11.5 Å². The lowest BCUT2D eigenvalue weighted by Crippen LogP contribution is -2.17. The van der Waals surface area contributed by atoms with Crippen LogP contribution in [0, 0.1) is 13.8 Å². The molecule has 0 aromatic heterocycles. The first-order chi connectivity index (χ1) is 10.9. The molecule has 0 unspecified atom stereocenters. The largest absolute Gasteiger partial charge is 0.486 e. The fourth-order valence-corrected chi connectivity index (χ4v) is 2.90. The van der Waals surface area contributed by atoms with E-state index in [1.54, 1.807) is 0 Å². The van der Waals surface area contributed by atoms with Gasteiger partial charge in [0.15, 0.2) is 11.5 Å². The van der Waals surface area contributed by atoms with Gasteiger partial charge >= 0.3 is 0 Å². The highest BCUT2D eigenvalue weighted by atomic mass is 16.6. The normalized spacial score (nSPS) is 13.8. The second-order valence-electron chi connectivity index (χ2n) is 7.17. The summed E-state index contributed by atoms with van der Waals surface area (Å²) < 4.78 is 11.5. The van der Waals surface area contributed by atoms with E-state index in [0.29, 0.717) is 13.2 Å². The lowest BCUT2D eigenvalue weighted by atomic mass is 9.87. The second-order valence-corrected chi connectivity index (χ2v) is 7.17. The predicted octanol–water partition coefficient (Wildman–Crippen LogP) is 5.12. The summed E-state index contributed by atoms with van der Waals surface area (Å²) in [7, 11) is 0. The number of benzene rings is 2. The van der Waals surface area contributed by atoms with E-state index in [1.165, 1.54) is 5.56 Å². The molecule has 0 aliphatic carbocycles. The highest BCUT2D eigenvalue weighted by Gasteiger charge is 2.19. The lowest BCUT2D eigenvalue weighted by molar-refractivity contribution is 0.170. The molecule has 0 spiro atoms. The monoisotopic (exact) mass is 311 g/mol. The Hall–Kier alpha value is -2.16. The van der Waals surface area contributed by atoms with Gasteiger partial charge in [0.05, 0.1) is 0 Å². The molecule has 3 rings (SSSR count). The van der Waals surface area contributed by atoms with Crippen molar-refractivity contribution in [3.63, 3.8) is 0 Å². The van der Waals surface area contributed by atoms with E-state index in [1.807, 2.05) is 6.07 Å². The van der Waals surface area contributed by atoms with E-state index in [-0.39, 0.29) is 5.41 Å². The molecular weight excluding hydrogens is 286 g/mol. The Morgan fingerprint density at radius 3 is 2.26 bits per heavy atom. The summed E-state index contributed by atoms with van der Waals surface area (Å²) in [5.74, 6) is 1.70. The summed E-state index contributed by atoms with van der Waals surface area (Å²) in [5, 5.41) is 3.53. The molecule has 0 saturated heterocycles. The molecule has 0 amide bonds. The van der Waals surface area contributed by atoms with Crippen molar-refractivity contribution in [1.82, 2.24) is 0 Å². The Labute approximate surface area is 138 Å². The van der Waals surface area contributed by atoms with E-state index >= 15 is 0 Å². The number of aryl methyl sites for hydroxylation is 1. The first-order valence-electron chi connectivity index (χ1n) is 8.13. The molecule has 23 heavy (non-hydrogen) atoms. The van der Waals surface area contributed by atoms with Crippen molar-refractivity contribution in [3.8, 4) is 11.5 Å². The molecule has 0 atom stereocenters. The summed E-state index contributed by atoms with van der Waals surface area (Å²) in [5.41, 5.74) is 5.94. The predicted molar refractivity (Wildman–Crippen MR) is 95.3 cm³/mol. The molecular formula is C20H25NO2. The Morgan fingerprint density at radius 2 is 1.61 bits per heavy atom. The number of fused-ring (bicyclic) bond motifs is 1. The van der Waals surface area contributed by atoms with E-state index in [4.69, 9.17) is 9.47 Å². The molecule has 1 N–H and O–H groups in total. The van der Waals surface area contributed by atoms with Crippen LogP contribution in [0.25, 0.3) is 0 Å². The minimum Gasteiger partial charge on any atom is -0.486 e. The van der Waals surface area contributed by atoms with Gasteiger partial charge in [-0.15, -0.1) is 0 Å². The molecule has 1 heterocycles. The molecule has 3 heteroatoms. The summed E-state index contributed by atoms with van der Waals surface area (Å²) in [6.45, 7) is 12.1. The summed E-state index contributed by atoms with van der Waals surface area (Å²) in [4.78, 5) is 0. The SMILES string of the molecule is Cc1cc2c(c(C)c1Nc1ccc(C(C)(C)C)cc1)OCCO2. The topological polar surface area (TPSA) is 30.5 Å². The van der Waals surface area contributed by atoms with Gasteiger partial charge in [-0.3, -0.25) is 0 Å². The van der Waals surface area contributed by atoms with Crippen LogP contribution < -0.4 is 14.8 Å². The molecule has 1 aliphatic heterocycles. The molecule has 2 aromatic carbocycles. The van der Waals surface area contributed by atoms with Crippen molar-refractivity contribution in [2.75, 3.05) is 18.5 Å². The van der Waals surface area contributed by atoms with Gasteiger partial charge in [0, 0.05) is 16.9 Å². The van der Waals surface area contributed by atoms with E-state index in [9.17, 15) is 0 Å². The molecule has 2 aromatic rings. The summed E-state index contributed by atoms with van der Waals surface area (Å²) in [6, 6.07) is 10.7. The number of nitrogens with one attached hydrogen (secondary N) is 1. The van der Waals surface area contributed by atoms with Crippen LogP contribution in [0.4, 0.5) is 11.4 Å². The third-order valence-corrected chi connectivity index (χ3v) is 4.29. The maximum atomic E-state index is 5.79. The highest BCUT2D eigenvalue weighted by molar-refractivity contribution is 5.72. The Balaban J connectivity index is 1.91. The first kappa shape index (κ1) is 15.7. The molecule has 0 fully saturated rings. The quantitative estimate of drug-likeness (QED) is 0.835. The van der Waals surface area contributed by atoms with Crippen molar-refractivity contribution < 1.29 is 9.47 Å². The minimum atomic E-state index is 0.168. The molecule has 0 bridgehead atoms. The van der Waals surface area contributed by atoms with Crippen molar-refractivity contribution in [2.24, 2.45) is 0 Å². The van der Waals surface area contributed by atoms with E-state index < -0.39 is 0 Å². The maximum absolute atomic E-state index is 5.79. The maximum Gasteiger partial charge on any atom is 0.166 e. The zero-order valence-electron chi connectivity index (χ0n) is 14.6. The molecule has 3 nitrogen and oxygen atoms in total. The number of rotatable bonds is 2. The van der Waals surface area contributed by atoms with Crippen LogP contribution in [0.1, 0.15) is 37.5 Å². The number of anilines is 2. The average Bonchev–Trinajstić information content (AvgIpc) is 2.51. The van der Waals surface area contributed by atoms with Gasteiger partial charge < -0.3 is 14.8 Å². The fourth-order valence-electron chi connectivity index (χ4n) is 2.90. The smallest absolute Gasteiger partial charge is 0.166 e. The van der Waals surface area contributed by atoms with Gasteiger partial charge in [-0.1, -0.05) is 32.9 Å². The Kier molecular flexibility index (Phi) is 3.97. The van der Waals surface area contributed by atoms with E-state index in [0.717, 1.165) is 34.0 Å². The van der Waals surface area contributed by atoms with Crippen LogP contribution in [-0.4, -0.2) is 13.2 Å². The summed E-state index contributed by atoms with van der Waals surface area (Å²) >= 11 is 0. The van der Waals surface area contributed by atoms with Gasteiger partial charge in [-0.2, -0.15) is 0 Å². The number of ether oxygens (including phenoxy) is 2. The minimum absolute atomic E-state index is 0.168.